The molecule has 0 spiro atoms. The van der Waals surface area contributed by atoms with Crippen LogP contribution in [0.3, 0.4) is 0 Å². The fraction of sp³-hybridized carbons (Fsp3) is 0.139. The van der Waals surface area contributed by atoms with Crippen molar-refractivity contribution in [2.24, 2.45) is 0 Å². The van der Waals surface area contributed by atoms with Crippen LogP contribution in [0.25, 0.3) is 66.1 Å². The van der Waals surface area contributed by atoms with Crippen LogP contribution in [0.2, 0.25) is 0 Å². The lowest BCUT2D eigenvalue weighted by Crippen LogP contribution is -2.30. The summed E-state index contributed by atoms with van der Waals surface area (Å²) < 4.78 is 0. The van der Waals surface area contributed by atoms with E-state index in [0.29, 0.717) is 0 Å². The van der Waals surface area contributed by atoms with Crippen LogP contribution in [0.15, 0.2) is 206 Å². The molecule has 0 aromatic heterocycles. The third-order valence-electron chi connectivity index (χ3n) is 18.8. The van der Waals surface area contributed by atoms with Gasteiger partial charge in [0.1, 0.15) is 0 Å². The van der Waals surface area contributed by atoms with Gasteiger partial charge in [-0.05, 0) is 219 Å². The number of aryl methyl sites for hydroxylation is 8. The van der Waals surface area contributed by atoms with E-state index >= 15 is 0 Å². The monoisotopic (exact) mass is 914 g/mol. The van der Waals surface area contributed by atoms with E-state index in [-0.39, 0.29) is 0 Å². The molecule has 11 aromatic rings. The first-order chi connectivity index (χ1) is 35.6. The summed E-state index contributed by atoms with van der Waals surface area (Å²) in [6, 6.07) is 81.9. The van der Waals surface area contributed by atoms with E-state index in [1.54, 1.807) is 0 Å². The highest BCUT2D eigenvalue weighted by molar-refractivity contribution is 6.21. The molecular weight excluding hydrogens is 865 g/mol. The van der Waals surface area contributed by atoms with Gasteiger partial charge in [-0.3, -0.25) is 0 Å². The minimum atomic E-state index is -0.448. The van der Waals surface area contributed by atoms with Crippen molar-refractivity contribution in [3.8, 4) is 44.5 Å². The zero-order valence-electron chi connectivity index (χ0n) is 40.3. The molecular formula is C72H50. The van der Waals surface area contributed by atoms with E-state index in [1.165, 1.54) is 181 Å². The maximum atomic E-state index is 2.60. The Morgan fingerprint density at radius 1 is 0.222 bits per heavy atom. The molecule has 0 saturated carbocycles. The van der Waals surface area contributed by atoms with E-state index in [2.05, 4.69) is 206 Å². The van der Waals surface area contributed by atoms with Crippen LogP contribution in [0.5, 0.6) is 0 Å². The smallest absolute Gasteiger partial charge is 0.0619 e. The zero-order chi connectivity index (χ0) is 46.9. The van der Waals surface area contributed by atoms with Gasteiger partial charge >= 0.3 is 0 Å². The van der Waals surface area contributed by atoms with Gasteiger partial charge in [0, 0.05) is 0 Å². The molecule has 0 atom stereocenters. The van der Waals surface area contributed by atoms with E-state index < -0.39 is 10.8 Å². The van der Waals surface area contributed by atoms with Gasteiger partial charge in [0.15, 0.2) is 0 Å². The Hall–Kier alpha value is -8.06. The molecule has 0 N–H and O–H groups in total. The first-order valence-corrected chi connectivity index (χ1v) is 26.6. The minimum absolute atomic E-state index is 0.448. The fourth-order valence-corrected chi connectivity index (χ4v) is 14.9. The Labute approximate surface area is 421 Å². The predicted octanol–water partition coefficient (Wildman–Crippen LogP) is 16.4. The standard InChI is InChI=1S/C72H50/c1-2-12-62-61(11-1)69(51-29-35-59-57-9-5-7-15-65(57)71(67(59)41-51,53-31-25-43-17-21-47(43)37-53)54-32-26-44-18-22-48(44)38-54)63-13-3-4-14-64(63)70(62)52-30-36-60-58-10-6-8-16-66(58)72(68(60)42-52,55-33-27-45-19-23-49(45)39-55)56-34-28-46-20-24-50(46)40-56/h1-16,25-42H,17-24H2. The molecule has 72 heavy (non-hydrogen) atoms. The molecule has 17 rings (SSSR count). The normalized spacial score (nSPS) is 16.1. The largest absolute Gasteiger partial charge is 0.0713 e. The van der Waals surface area contributed by atoms with Gasteiger partial charge in [-0.2, -0.15) is 0 Å². The van der Waals surface area contributed by atoms with Crippen LogP contribution in [-0.4, -0.2) is 0 Å². The van der Waals surface area contributed by atoms with Crippen molar-refractivity contribution in [1.29, 1.82) is 0 Å². The number of benzene rings is 11. The van der Waals surface area contributed by atoms with Crippen molar-refractivity contribution in [3.05, 3.63) is 295 Å². The van der Waals surface area contributed by atoms with Crippen molar-refractivity contribution < 1.29 is 0 Å². The molecule has 0 bridgehead atoms. The molecule has 11 aromatic carbocycles. The van der Waals surface area contributed by atoms with Crippen molar-refractivity contribution in [2.75, 3.05) is 0 Å². The van der Waals surface area contributed by atoms with Crippen LogP contribution in [-0.2, 0) is 62.2 Å². The lowest BCUT2D eigenvalue weighted by atomic mass is 9.65. The summed E-state index contributed by atoms with van der Waals surface area (Å²) in [5.41, 5.74) is 32.8. The Kier molecular flexibility index (Phi) is 7.87. The van der Waals surface area contributed by atoms with Gasteiger partial charge in [0.2, 0.25) is 0 Å². The van der Waals surface area contributed by atoms with Crippen LogP contribution in [0.4, 0.5) is 0 Å². The van der Waals surface area contributed by atoms with Gasteiger partial charge in [-0.1, -0.05) is 194 Å². The Bertz CT molecular complexity index is 3790. The molecule has 0 radical (unpaired) electrons. The Balaban J connectivity index is 0.915. The summed E-state index contributed by atoms with van der Waals surface area (Å²) in [7, 11) is 0. The second kappa shape index (κ2) is 14.3. The highest BCUT2D eigenvalue weighted by Crippen LogP contribution is 2.60. The summed E-state index contributed by atoms with van der Waals surface area (Å²) in [4.78, 5) is 0. The van der Waals surface area contributed by atoms with Crippen molar-refractivity contribution >= 4 is 21.5 Å². The molecule has 0 heterocycles. The summed E-state index contributed by atoms with van der Waals surface area (Å²) in [6.45, 7) is 0. The third kappa shape index (κ3) is 5.03. The summed E-state index contributed by atoms with van der Waals surface area (Å²) in [5, 5.41) is 5.14. The summed E-state index contributed by atoms with van der Waals surface area (Å²) in [5.74, 6) is 0. The van der Waals surface area contributed by atoms with Crippen LogP contribution in [0, 0.1) is 0 Å². The molecule has 0 heteroatoms. The van der Waals surface area contributed by atoms with Crippen molar-refractivity contribution in [1.82, 2.24) is 0 Å². The average Bonchev–Trinajstić information content (AvgIpc) is 3.85. The van der Waals surface area contributed by atoms with Crippen molar-refractivity contribution in [2.45, 2.75) is 62.2 Å². The molecule has 0 fully saturated rings. The van der Waals surface area contributed by atoms with E-state index in [0.717, 1.165) is 25.7 Å². The topological polar surface area (TPSA) is 0 Å². The number of hydrogen-bond acceptors (Lipinski definition) is 0. The van der Waals surface area contributed by atoms with Gasteiger partial charge in [0.05, 0.1) is 10.8 Å². The van der Waals surface area contributed by atoms with Crippen LogP contribution >= 0.6 is 0 Å². The molecule has 6 aliphatic rings. The lowest BCUT2D eigenvalue weighted by molar-refractivity contribution is 0.740. The number of fused-ring (bicyclic) bond motifs is 12. The van der Waals surface area contributed by atoms with E-state index in [1.807, 2.05) is 0 Å². The molecule has 0 unspecified atom stereocenters. The van der Waals surface area contributed by atoms with Gasteiger partial charge in [-0.15, -0.1) is 0 Å². The molecule has 0 amide bonds. The van der Waals surface area contributed by atoms with E-state index in [4.69, 9.17) is 0 Å². The Morgan fingerprint density at radius 3 is 0.819 bits per heavy atom. The van der Waals surface area contributed by atoms with Crippen LogP contribution < -0.4 is 0 Å². The second-order valence-corrected chi connectivity index (χ2v) is 21.9. The van der Waals surface area contributed by atoms with Gasteiger partial charge < -0.3 is 0 Å². The van der Waals surface area contributed by atoms with Gasteiger partial charge in [-0.25, -0.2) is 0 Å². The van der Waals surface area contributed by atoms with Crippen molar-refractivity contribution in [3.63, 3.8) is 0 Å². The second-order valence-electron chi connectivity index (χ2n) is 21.9. The number of hydrogen-bond donors (Lipinski definition) is 0. The maximum absolute atomic E-state index is 2.60. The van der Waals surface area contributed by atoms with Crippen LogP contribution in [0.1, 0.15) is 89.0 Å². The lowest BCUT2D eigenvalue weighted by Gasteiger charge is -2.37. The van der Waals surface area contributed by atoms with Gasteiger partial charge in [0.25, 0.3) is 0 Å². The minimum Gasteiger partial charge on any atom is -0.0619 e. The SMILES string of the molecule is c1ccc2c(c1)-c1ccc(-c3c4ccccc4c(-c4ccc5c(c4)C(c4ccc6c(c4)CC6)(c4ccc6c(c4)CC6)c4ccccc4-5)c4ccccc34)cc1C2(c1ccc2c(c1)CC2)c1ccc2c(c1)CC2. The predicted molar refractivity (Wildman–Crippen MR) is 297 cm³/mol. The van der Waals surface area contributed by atoms with E-state index in [9.17, 15) is 0 Å². The Morgan fingerprint density at radius 2 is 0.514 bits per heavy atom. The zero-order valence-corrected chi connectivity index (χ0v) is 40.3. The molecule has 0 aliphatic heterocycles. The molecule has 0 saturated heterocycles. The maximum Gasteiger partial charge on any atom is 0.0713 e. The first-order valence-electron chi connectivity index (χ1n) is 26.6. The molecule has 6 aliphatic carbocycles. The highest BCUT2D eigenvalue weighted by atomic mass is 14.5. The number of rotatable bonds is 6. The summed E-state index contributed by atoms with van der Waals surface area (Å²) in [6.07, 6.45) is 9.34. The fourth-order valence-electron chi connectivity index (χ4n) is 14.9. The third-order valence-corrected chi connectivity index (χ3v) is 18.8. The highest BCUT2D eigenvalue weighted by Gasteiger charge is 2.49. The average molecular weight is 915 g/mol. The first kappa shape index (κ1) is 39.6. The summed E-state index contributed by atoms with van der Waals surface area (Å²) >= 11 is 0. The molecule has 0 nitrogen and oxygen atoms in total. The molecule has 338 valence electrons. The quantitative estimate of drug-likeness (QED) is 0.146.